The summed E-state index contributed by atoms with van der Waals surface area (Å²) in [5.74, 6) is -0.207. The van der Waals surface area contributed by atoms with E-state index in [1.165, 1.54) is 4.90 Å². The van der Waals surface area contributed by atoms with E-state index in [9.17, 15) is 14.4 Å². The second-order valence-electron chi connectivity index (χ2n) is 7.83. The molecule has 0 fully saturated rings. The van der Waals surface area contributed by atoms with Crippen LogP contribution in [0.1, 0.15) is 13.8 Å². The summed E-state index contributed by atoms with van der Waals surface area (Å²) in [5.41, 5.74) is 0.924. The number of rotatable bonds is 3. The van der Waals surface area contributed by atoms with E-state index in [1.807, 2.05) is 41.3 Å². The SMILES string of the molecule is CNC(=O)[C@@H]1CN(CC(=O)N2c3ccccc3NC(=O)C2(C)C)c2ccccc2O1. The van der Waals surface area contributed by atoms with Crippen LogP contribution in [0.4, 0.5) is 17.1 Å². The molecule has 2 N–H and O–H groups in total. The maximum absolute atomic E-state index is 13.5. The summed E-state index contributed by atoms with van der Waals surface area (Å²) in [5, 5.41) is 5.46. The van der Waals surface area contributed by atoms with Gasteiger partial charge in [-0.1, -0.05) is 24.3 Å². The van der Waals surface area contributed by atoms with Crippen molar-refractivity contribution in [2.75, 3.05) is 35.3 Å². The number of hydrogen-bond donors (Lipinski definition) is 2. The molecule has 2 aliphatic rings. The van der Waals surface area contributed by atoms with Crippen LogP contribution in [0.25, 0.3) is 0 Å². The van der Waals surface area contributed by atoms with Gasteiger partial charge in [0.15, 0.2) is 6.10 Å². The fourth-order valence-electron chi connectivity index (χ4n) is 3.89. The van der Waals surface area contributed by atoms with Crippen LogP contribution in [0.5, 0.6) is 5.75 Å². The van der Waals surface area contributed by atoms with Crippen molar-refractivity contribution in [3.8, 4) is 5.75 Å². The number of ether oxygens (including phenoxy) is 1. The van der Waals surface area contributed by atoms with Crippen molar-refractivity contribution in [3.05, 3.63) is 48.5 Å². The topological polar surface area (TPSA) is 91.0 Å². The minimum absolute atomic E-state index is 0.00108. The second kappa shape index (κ2) is 7.37. The molecule has 2 aromatic carbocycles. The molecule has 0 saturated carbocycles. The Kier molecular flexibility index (Phi) is 4.85. The van der Waals surface area contributed by atoms with Crippen LogP contribution in [0.15, 0.2) is 48.5 Å². The maximum Gasteiger partial charge on any atom is 0.262 e. The largest absolute Gasteiger partial charge is 0.477 e. The first-order valence-electron chi connectivity index (χ1n) is 9.78. The van der Waals surface area contributed by atoms with Gasteiger partial charge in [-0.2, -0.15) is 0 Å². The summed E-state index contributed by atoms with van der Waals surface area (Å²) < 4.78 is 5.81. The van der Waals surface area contributed by atoms with Gasteiger partial charge in [-0.25, -0.2) is 0 Å². The number of nitrogens with one attached hydrogen (secondary N) is 2. The third-order valence-electron chi connectivity index (χ3n) is 5.48. The normalized spacial score (nSPS) is 19.2. The molecule has 4 rings (SSSR count). The van der Waals surface area contributed by atoms with Crippen LogP contribution in [0.3, 0.4) is 0 Å². The number of nitrogens with zero attached hydrogens (tertiary/aromatic N) is 2. The lowest BCUT2D eigenvalue weighted by molar-refractivity contribution is -0.128. The van der Waals surface area contributed by atoms with Gasteiger partial charge < -0.3 is 20.3 Å². The Morgan fingerprint density at radius 3 is 2.53 bits per heavy atom. The van der Waals surface area contributed by atoms with Crippen molar-refractivity contribution in [3.63, 3.8) is 0 Å². The van der Waals surface area contributed by atoms with Crippen LogP contribution >= 0.6 is 0 Å². The summed E-state index contributed by atoms with van der Waals surface area (Å²) in [7, 11) is 1.55. The molecule has 8 nitrogen and oxygen atoms in total. The average molecular weight is 408 g/mol. The van der Waals surface area contributed by atoms with E-state index in [0.29, 0.717) is 17.1 Å². The molecule has 0 bridgehead atoms. The molecule has 156 valence electrons. The highest BCUT2D eigenvalue weighted by molar-refractivity contribution is 6.14. The minimum atomic E-state index is -1.06. The van der Waals surface area contributed by atoms with E-state index >= 15 is 0 Å². The number of hydrogen-bond acceptors (Lipinski definition) is 5. The number of carbonyl (C=O) groups excluding carboxylic acids is 3. The Balaban J connectivity index is 1.67. The molecule has 0 aromatic heterocycles. The summed E-state index contributed by atoms with van der Waals surface area (Å²) in [4.78, 5) is 41.8. The molecule has 1 atom stereocenters. The molecule has 2 aromatic rings. The van der Waals surface area contributed by atoms with E-state index in [4.69, 9.17) is 4.74 Å². The number of likely N-dealkylation sites (N-methyl/N-ethyl adjacent to an activating group) is 1. The molecule has 0 spiro atoms. The van der Waals surface area contributed by atoms with Gasteiger partial charge in [0.25, 0.3) is 5.91 Å². The number of para-hydroxylation sites is 4. The van der Waals surface area contributed by atoms with Crippen molar-refractivity contribution < 1.29 is 19.1 Å². The third-order valence-corrected chi connectivity index (χ3v) is 5.48. The number of carbonyl (C=O) groups is 3. The highest BCUT2D eigenvalue weighted by Crippen LogP contribution is 2.38. The molecular weight excluding hydrogens is 384 g/mol. The zero-order valence-corrected chi connectivity index (χ0v) is 17.1. The van der Waals surface area contributed by atoms with Gasteiger partial charge in [0.1, 0.15) is 11.3 Å². The first kappa shape index (κ1) is 19.8. The zero-order valence-electron chi connectivity index (χ0n) is 17.1. The van der Waals surface area contributed by atoms with E-state index < -0.39 is 11.6 Å². The predicted octanol–water partition coefficient (Wildman–Crippen LogP) is 1.76. The summed E-state index contributed by atoms with van der Waals surface area (Å²) in [6.07, 6.45) is -0.734. The van der Waals surface area contributed by atoms with E-state index in [-0.39, 0.29) is 30.8 Å². The Bertz CT molecular complexity index is 1020. The van der Waals surface area contributed by atoms with Crippen molar-refractivity contribution in [1.29, 1.82) is 0 Å². The Morgan fingerprint density at radius 2 is 1.80 bits per heavy atom. The van der Waals surface area contributed by atoms with E-state index in [1.54, 1.807) is 33.0 Å². The van der Waals surface area contributed by atoms with Crippen LogP contribution < -0.4 is 25.2 Å². The average Bonchev–Trinajstić information content (AvgIpc) is 2.73. The number of amides is 3. The highest BCUT2D eigenvalue weighted by atomic mass is 16.5. The zero-order chi connectivity index (χ0) is 21.5. The van der Waals surface area contributed by atoms with Crippen LogP contribution in [-0.2, 0) is 14.4 Å². The lowest BCUT2D eigenvalue weighted by Crippen LogP contribution is -2.61. The fourth-order valence-corrected chi connectivity index (χ4v) is 3.89. The van der Waals surface area contributed by atoms with Crippen molar-refractivity contribution in [2.24, 2.45) is 0 Å². The molecule has 2 heterocycles. The van der Waals surface area contributed by atoms with E-state index in [2.05, 4.69) is 10.6 Å². The van der Waals surface area contributed by atoms with Crippen molar-refractivity contribution in [1.82, 2.24) is 5.32 Å². The van der Waals surface area contributed by atoms with Gasteiger partial charge in [-0.3, -0.25) is 19.3 Å². The monoisotopic (exact) mass is 408 g/mol. The molecule has 30 heavy (non-hydrogen) atoms. The van der Waals surface area contributed by atoms with Crippen molar-refractivity contribution in [2.45, 2.75) is 25.5 Å². The first-order chi connectivity index (χ1) is 14.3. The summed E-state index contributed by atoms with van der Waals surface area (Å²) in [6, 6.07) is 14.5. The Labute approximate surface area is 174 Å². The predicted molar refractivity (Wildman–Crippen MR) is 114 cm³/mol. The molecule has 3 amide bonds. The fraction of sp³-hybridized carbons (Fsp3) is 0.318. The minimum Gasteiger partial charge on any atom is -0.477 e. The smallest absolute Gasteiger partial charge is 0.262 e. The first-order valence-corrected chi connectivity index (χ1v) is 9.78. The standard InChI is InChI=1S/C22H24N4O4/c1-22(2)21(29)24-14-8-4-5-9-15(14)26(22)19(27)13-25-12-18(20(28)23-3)30-17-11-7-6-10-16(17)25/h4-11,18H,12-13H2,1-3H3,(H,23,28)(H,24,29)/t18-/m0/s1. The van der Waals surface area contributed by atoms with E-state index in [0.717, 1.165) is 5.69 Å². The third kappa shape index (κ3) is 3.24. The van der Waals surface area contributed by atoms with Gasteiger partial charge in [-0.15, -0.1) is 0 Å². The van der Waals surface area contributed by atoms with Crippen LogP contribution in [0, 0.1) is 0 Å². The molecule has 2 aliphatic heterocycles. The van der Waals surface area contributed by atoms with Gasteiger partial charge in [0, 0.05) is 7.05 Å². The van der Waals surface area contributed by atoms with Crippen molar-refractivity contribution >= 4 is 34.8 Å². The lowest BCUT2D eigenvalue weighted by Gasteiger charge is -2.43. The maximum atomic E-state index is 13.5. The van der Waals surface area contributed by atoms with Gasteiger partial charge in [-0.05, 0) is 38.1 Å². The quantitative estimate of drug-likeness (QED) is 0.808. The summed E-state index contributed by atoms with van der Waals surface area (Å²) >= 11 is 0. The summed E-state index contributed by atoms with van der Waals surface area (Å²) in [6.45, 7) is 3.66. The molecule has 0 radical (unpaired) electrons. The van der Waals surface area contributed by atoms with Gasteiger partial charge >= 0.3 is 0 Å². The molecular formula is C22H24N4O4. The molecule has 0 saturated heterocycles. The molecule has 0 aliphatic carbocycles. The second-order valence-corrected chi connectivity index (χ2v) is 7.83. The molecule has 0 unspecified atom stereocenters. The Morgan fingerprint density at radius 1 is 1.13 bits per heavy atom. The highest BCUT2D eigenvalue weighted by Gasteiger charge is 2.44. The van der Waals surface area contributed by atoms with Gasteiger partial charge in [0.2, 0.25) is 11.8 Å². The van der Waals surface area contributed by atoms with Crippen LogP contribution in [-0.4, -0.2) is 49.5 Å². The number of benzene rings is 2. The lowest BCUT2D eigenvalue weighted by atomic mass is 9.96. The van der Waals surface area contributed by atoms with Crippen LogP contribution in [0.2, 0.25) is 0 Å². The number of fused-ring (bicyclic) bond motifs is 2. The Hall–Kier alpha value is -3.55. The van der Waals surface area contributed by atoms with Gasteiger partial charge in [0.05, 0.1) is 30.2 Å². The molecule has 8 heteroatoms. The number of anilines is 3.